The summed E-state index contributed by atoms with van der Waals surface area (Å²) >= 11 is 0. The summed E-state index contributed by atoms with van der Waals surface area (Å²) in [6.45, 7) is 3.57. The number of hydrogen-bond acceptors (Lipinski definition) is 3. The highest BCUT2D eigenvalue weighted by Crippen LogP contribution is 2.18. The molecule has 0 spiro atoms. The Balaban J connectivity index is 1.88. The van der Waals surface area contributed by atoms with Gasteiger partial charge in [-0.3, -0.25) is 18.7 Å². The van der Waals surface area contributed by atoms with Crippen LogP contribution in [0.25, 0.3) is 11.0 Å². The number of primary amides is 1. The van der Waals surface area contributed by atoms with E-state index in [1.807, 2.05) is 31.2 Å². The number of piperidine rings is 1. The van der Waals surface area contributed by atoms with Crippen LogP contribution in [0.2, 0.25) is 0 Å². The zero-order chi connectivity index (χ0) is 18.0. The maximum Gasteiger partial charge on any atom is 0.329 e. The number of carbonyl (C=O) groups is 2. The molecule has 1 aliphatic heterocycles. The molecule has 0 saturated carbocycles. The molecule has 1 unspecified atom stereocenters. The second-order valence-corrected chi connectivity index (χ2v) is 6.59. The highest BCUT2D eigenvalue weighted by molar-refractivity contribution is 5.82. The lowest BCUT2D eigenvalue weighted by molar-refractivity contribution is -0.135. The molecule has 1 aromatic heterocycles. The van der Waals surface area contributed by atoms with Gasteiger partial charge in [-0.25, -0.2) is 4.79 Å². The van der Waals surface area contributed by atoms with Crippen molar-refractivity contribution in [2.75, 3.05) is 13.1 Å². The molecule has 2 heterocycles. The minimum absolute atomic E-state index is 0.0124. The maximum absolute atomic E-state index is 12.8. The first-order chi connectivity index (χ1) is 12.0. The van der Waals surface area contributed by atoms with E-state index in [0.717, 1.165) is 30.3 Å². The van der Waals surface area contributed by atoms with Gasteiger partial charge in [0.15, 0.2) is 0 Å². The van der Waals surface area contributed by atoms with E-state index in [2.05, 4.69) is 0 Å². The molecule has 2 amide bonds. The Morgan fingerprint density at radius 3 is 2.52 bits per heavy atom. The number of hydrogen-bond donors (Lipinski definition) is 1. The Bertz CT molecular complexity index is 852. The van der Waals surface area contributed by atoms with E-state index >= 15 is 0 Å². The summed E-state index contributed by atoms with van der Waals surface area (Å²) in [5, 5.41) is 0. The van der Waals surface area contributed by atoms with Crippen molar-refractivity contribution in [2.45, 2.75) is 39.3 Å². The van der Waals surface area contributed by atoms with Gasteiger partial charge in [-0.2, -0.15) is 0 Å². The highest BCUT2D eigenvalue weighted by atomic mass is 16.2. The van der Waals surface area contributed by atoms with Gasteiger partial charge >= 0.3 is 5.69 Å². The van der Waals surface area contributed by atoms with E-state index in [1.54, 1.807) is 9.47 Å². The summed E-state index contributed by atoms with van der Waals surface area (Å²) in [5.74, 6) is -0.808. The lowest BCUT2D eigenvalue weighted by atomic mass is 9.97. The van der Waals surface area contributed by atoms with Crippen LogP contribution < -0.4 is 11.4 Å². The lowest BCUT2D eigenvalue weighted by Crippen LogP contribution is -2.46. The third-order valence-electron chi connectivity index (χ3n) is 4.84. The summed E-state index contributed by atoms with van der Waals surface area (Å²) in [6.07, 6.45) is 2.31. The molecule has 1 fully saturated rings. The molecule has 1 saturated heterocycles. The van der Waals surface area contributed by atoms with Gasteiger partial charge in [0.1, 0.15) is 6.54 Å². The fourth-order valence-corrected chi connectivity index (χ4v) is 3.54. The first kappa shape index (κ1) is 17.3. The number of nitrogens with zero attached hydrogens (tertiary/aromatic N) is 3. The van der Waals surface area contributed by atoms with Crippen molar-refractivity contribution in [1.82, 2.24) is 14.0 Å². The molecule has 3 rings (SSSR count). The van der Waals surface area contributed by atoms with Crippen LogP contribution in [0.5, 0.6) is 0 Å². The lowest BCUT2D eigenvalue weighted by Gasteiger charge is -2.31. The highest BCUT2D eigenvalue weighted by Gasteiger charge is 2.27. The molecule has 25 heavy (non-hydrogen) atoms. The molecule has 1 aliphatic rings. The quantitative estimate of drug-likeness (QED) is 0.875. The van der Waals surface area contributed by atoms with E-state index in [9.17, 15) is 14.4 Å². The van der Waals surface area contributed by atoms with Crippen molar-refractivity contribution in [3.05, 3.63) is 34.7 Å². The van der Waals surface area contributed by atoms with Crippen LogP contribution in [0.15, 0.2) is 29.1 Å². The molecule has 2 N–H and O–H groups in total. The van der Waals surface area contributed by atoms with Gasteiger partial charge in [-0.15, -0.1) is 0 Å². The monoisotopic (exact) mass is 344 g/mol. The molecule has 2 aromatic rings. The van der Waals surface area contributed by atoms with Crippen molar-refractivity contribution < 1.29 is 9.59 Å². The molecule has 0 aliphatic carbocycles. The number of likely N-dealkylation sites (tertiary alicyclic amines) is 1. The Hall–Kier alpha value is -2.57. The Morgan fingerprint density at radius 2 is 1.88 bits per heavy atom. The predicted molar refractivity (Wildman–Crippen MR) is 95.0 cm³/mol. The Labute approximate surface area is 146 Å². The zero-order valence-electron chi connectivity index (χ0n) is 14.5. The fraction of sp³-hybridized carbons (Fsp3) is 0.500. The minimum atomic E-state index is -0.366. The fourth-order valence-electron chi connectivity index (χ4n) is 3.54. The van der Waals surface area contributed by atoms with E-state index in [-0.39, 0.29) is 30.0 Å². The van der Waals surface area contributed by atoms with Gasteiger partial charge < -0.3 is 10.6 Å². The summed E-state index contributed by atoms with van der Waals surface area (Å²) in [6, 6.07) is 7.52. The largest absolute Gasteiger partial charge is 0.369 e. The molecule has 1 atom stereocenters. The number of amides is 2. The molecule has 1 aromatic carbocycles. The van der Waals surface area contributed by atoms with Crippen LogP contribution in [-0.4, -0.2) is 38.9 Å². The average Bonchev–Trinajstić information content (AvgIpc) is 2.88. The maximum atomic E-state index is 12.8. The van der Waals surface area contributed by atoms with Crippen LogP contribution in [0, 0.1) is 5.92 Å². The van der Waals surface area contributed by atoms with Gasteiger partial charge in [-0.1, -0.05) is 19.1 Å². The molecule has 0 bridgehead atoms. The molecule has 134 valence electrons. The summed E-state index contributed by atoms with van der Waals surface area (Å²) < 4.78 is 3.24. The van der Waals surface area contributed by atoms with Gasteiger partial charge in [0.2, 0.25) is 11.8 Å². The SMILES string of the molecule is CCCn1c(=O)n(CC(=O)N2CCCC(C(N)=O)C2)c2ccccc21. The van der Waals surface area contributed by atoms with Crippen molar-refractivity contribution in [1.29, 1.82) is 0 Å². The smallest absolute Gasteiger partial charge is 0.329 e. The molecule has 0 radical (unpaired) electrons. The first-order valence-corrected chi connectivity index (χ1v) is 8.78. The summed E-state index contributed by atoms with van der Waals surface area (Å²) in [7, 11) is 0. The molecular formula is C18H24N4O3. The van der Waals surface area contributed by atoms with E-state index < -0.39 is 0 Å². The average molecular weight is 344 g/mol. The molecule has 7 nitrogen and oxygen atoms in total. The van der Waals surface area contributed by atoms with Crippen molar-refractivity contribution in [3.8, 4) is 0 Å². The van der Waals surface area contributed by atoms with E-state index in [4.69, 9.17) is 5.73 Å². The van der Waals surface area contributed by atoms with Gasteiger partial charge in [0.05, 0.1) is 17.0 Å². The van der Waals surface area contributed by atoms with Crippen LogP contribution in [0.4, 0.5) is 0 Å². The topological polar surface area (TPSA) is 90.3 Å². The number of aromatic nitrogens is 2. The standard InChI is InChI=1S/C18H24N4O3/c1-2-9-21-14-7-3-4-8-15(14)22(18(21)25)12-16(23)20-10-5-6-13(11-20)17(19)24/h3-4,7-8,13H,2,5-6,9-12H2,1H3,(H2,19,24). The third-order valence-corrected chi connectivity index (χ3v) is 4.84. The number of aryl methyl sites for hydroxylation is 1. The number of para-hydroxylation sites is 2. The number of carbonyl (C=O) groups excluding carboxylic acids is 2. The van der Waals surface area contributed by atoms with E-state index in [1.165, 1.54) is 4.57 Å². The summed E-state index contributed by atoms with van der Waals surface area (Å²) in [5.41, 5.74) is 6.82. The van der Waals surface area contributed by atoms with E-state index in [0.29, 0.717) is 19.6 Å². The predicted octanol–water partition coefficient (Wildman–Crippen LogP) is 0.937. The van der Waals surface area contributed by atoms with Crippen molar-refractivity contribution in [3.63, 3.8) is 0 Å². The normalized spacial score (nSPS) is 17.8. The second-order valence-electron chi connectivity index (χ2n) is 6.59. The minimum Gasteiger partial charge on any atom is -0.369 e. The van der Waals surface area contributed by atoms with Crippen LogP contribution in [0.1, 0.15) is 26.2 Å². The van der Waals surface area contributed by atoms with Crippen LogP contribution in [0.3, 0.4) is 0 Å². The van der Waals surface area contributed by atoms with Crippen LogP contribution in [-0.2, 0) is 22.7 Å². The number of nitrogens with two attached hydrogens (primary N) is 1. The van der Waals surface area contributed by atoms with Gasteiger partial charge in [0.25, 0.3) is 0 Å². The molecular weight excluding hydrogens is 320 g/mol. The third kappa shape index (κ3) is 3.31. The second kappa shape index (κ2) is 7.13. The number of fused-ring (bicyclic) bond motifs is 1. The zero-order valence-corrected chi connectivity index (χ0v) is 14.5. The number of rotatable bonds is 5. The summed E-state index contributed by atoms with van der Waals surface area (Å²) in [4.78, 5) is 38.5. The Morgan fingerprint density at radius 1 is 1.20 bits per heavy atom. The first-order valence-electron chi connectivity index (χ1n) is 8.78. The van der Waals surface area contributed by atoms with Crippen LogP contribution >= 0.6 is 0 Å². The van der Waals surface area contributed by atoms with Crippen molar-refractivity contribution >= 4 is 22.8 Å². The number of benzene rings is 1. The van der Waals surface area contributed by atoms with Gasteiger partial charge in [0, 0.05) is 19.6 Å². The number of imidazole rings is 1. The van der Waals surface area contributed by atoms with Crippen molar-refractivity contribution in [2.24, 2.45) is 11.7 Å². The van der Waals surface area contributed by atoms with Gasteiger partial charge in [-0.05, 0) is 31.4 Å². The Kier molecular flexibility index (Phi) is 4.92. The molecule has 7 heteroatoms.